The van der Waals surface area contributed by atoms with Gasteiger partial charge in [-0.15, -0.1) is 0 Å². The molecule has 0 bridgehead atoms. The number of aliphatic carboxylic acids is 1. The highest BCUT2D eigenvalue weighted by atomic mass is 16.4. The largest absolute Gasteiger partial charge is 0.480 e. The molecule has 0 saturated heterocycles. The van der Waals surface area contributed by atoms with Gasteiger partial charge in [0, 0.05) is 0 Å². The number of carbonyl (C=O) groups is 1. The molecule has 0 radical (unpaired) electrons. The van der Waals surface area contributed by atoms with E-state index in [-0.39, 0.29) is 11.9 Å². The fourth-order valence-electron chi connectivity index (χ4n) is 1.81. The minimum Gasteiger partial charge on any atom is -0.480 e. The first-order valence-corrected chi connectivity index (χ1v) is 5.93. The average molecular weight is 264 g/mol. The lowest BCUT2D eigenvalue weighted by Crippen LogP contribution is -2.31. The van der Waals surface area contributed by atoms with Crippen molar-refractivity contribution in [1.29, 1.82) is 0 Å². The maximum Gasteiger partial charge on any atom is 0.326 e. The van der Waals surface area contributed by atoms with E-state index < -0.39 is 12.0 Å². The second kappa shape index (κ2) is 5.09. The standard InChI is InChI=1S/C11H16N6O2/c1-5(2)3-6(10(18)19)15-9-7-8(14-4-13-7)16-11(12)17-9/h4-6H,3H2,1-2H3,(H,18,19)(H4,12,13,14,15,16,17)/t6-/m0/s1. The van der Waals surface area contributed by atoms with Gasteiger partial charge in [-0.3, -0.25) is 0 Å². The average Bonchev–Trinajstić information content (AvgIpc) is 2.75. The van der Waals surface area contributed by atoms with Gasteiger partial charge < -0.3 is 21.1 Å². The van der Waals surface area contributed by atoms with Gasteiger partial charge in [0.15, 0.2) is 11.5 Å². The van der Waals surface area contributed by atoms with Gasteiger partial charge in [0.1, 0.15) is 11.6 Å². The van der Waals surface area contributed by atoms with E-state index in [1.165, 1.54) is 6.33 Å². The molecule has 8 nitrogen and oxygen atoms in total. The number of aromatic amines is 1. The Labute approximate surface area is 109 Å². The van der Waals surface area contributed by atoms with Crippen LogP contribution in [0, 0.1) is 5.92 Å². The van der Waals surface area contributed by atoms with Crippen molar-refractivity contribution < 1.29 is 9.90 Å². The van der Waals surface area contributed by atoms with Crippen LogP contribution in [0.2, 0.25) is 0 Å². The molecule has 5 N–H and O–H groups in total. The summed E-state index contributed by atoms with van der Waals surface area (Å²) in [5.74, 6) is -0.285. The lowest BCUT2D eigenvalue weighted by Gasteiger charge is -2.17. The second-order valence-corrected chi connectivity index (χ2v) is 4.70. The Bertz CT molecular complexity index is 594. The zero-order valence-corrected chi connectivity index (χ0v) is 10.7. The van der Waals surface area contributed by atoms with E-state index in [4.69, 9.17) is 5.73 Å². The number of nitrogens with one attached hydrogen (secondary N) is 2. The Morgan fingerprint density at radius 1 is 1.53 bits per heavy atom. The molecule has 0 aliphatic rings. The van der Waals surface area contributed by atoms with Crippen LogP contribution in [-0.4, -0.2) is 37.1 Å². The molecule has 8 heteroatoms. The Morgan fingerprint density at radius 3 is 2.89 bits per heavy atom. The van der Waals surface area contributed by atoms with Crippen molar-refractivity contribution in [3.05, 3.63) is 6.33 Å². The highest BCUT2D eigenvalue weighted by Gasteiger charge is 2.21. The van der Waals surface area contributed by atoms with Gasteiger partial charge in [0.2, 0.25) is 5.95 Å². The van der Waals surface area contributed by atoms with Crippen molar-refractivity contribution in [3.63, 3.8) is 0 Å². The molecule has 2 aromatic heterocycles. The monoisotopic (exact) mass is 264 g/mol. The zero-order chi connectivity index (χ0) is 14.0. The van der Waals surface area contributed by atoms with Crippen molar-refractivity contribution in [2.45, 2.75) is 26.3 Å². The van der Waals surface area contributed by atoms with Crippen molar-refractivity contribution in [2.24, 2.45) is 5.92 Å². The molecule has 1 atom stereocenters. The maximum absolute atomic E-state index is 11.2. The number of anilines is 2. The molecule has 2 rings (SSSR count). The van der Waals surface area contributed by atoms with Crippen LogP contribution in [-0.2, 0) is 4.79 Å². The SMILES string of the molecule is CC(C)C[C@H](Nc1nc(N)nc2nc[nH]c12)C(=O)O. The van der Waals surface area contributed by atoms with E-state index in [0.717, 1.165) is 0 Å². The van der Waals surface area contributed by atoms with Crippen LogP contribution in [0.3, 0.4) is 0 Å². The van der Waals surface area contributed by atoms with Crippen LogP contribution >= 0.6 is 0 Å². The number of H-pyrrole nitrogens is 1. The van der Waals surface area contributed by atoms with E-state index in [1.807, 2.05) is 13.8 Å². The summed E-state index contributed by atoms with van der Waals surface area (Å²) in [6, 6.07) is -0.735. The number of hydrogen-bond acceptors (Lipinski definition) is 6. The molecule has 2 aromatic rings. The number of nitrogens with two attached hydrogens (primary N) is 1. The molecule has 0 saturated carbocycles. The highest BCUT2D eigenvalue weighted by Crippen LogP contribution is 2.19. The molecule has 0 spiro atoms. The van der Waals surface area contributed by atoms with Crippen LogP contribution in [0.1, 0.15) is 20.3 Å². The molecule has 2 heterocycles. The summed E-state index contributed by atoms with van der Waals surface area (Å²) >= 11 is 0. The van der Waals surface area contributed by atoms with Crippen LogP contribution in [0.15, 0.2) is 6.33 Å². The van der Waals surface area contributed by atoms with Crippen molar-refractivity contribution in [2.75, 3.05) is 11.1 Å². The fraction of sp³-hybridized carbons (Fsp3) is 0.455. The Morgan fingerprint density at radius 2 is 2.26 bits per heavy atom. The summed E-state index contributed by atoms with van der Waals surface area (Å²) in [4.78, 5) is 26.1. The third-order valence-electron chi connectivity index (χ3n) is 2.62. The lowest BCUT2D eigenvalue weighted by atomic mass is 10.0. The minimum absolute atomic E-state index is 0.0517. The predicted molar refractivity (Wildman–Crippen MR) is 70.6 cm³/mol. The first-order valence-electron chi connectivity index (χ1n) is 5.93. The summed E-state index contributed by atoms with van der Waals surface area (Å²) < 4.78 is 0. The van der Waals surface area contributed by atoms with Gasteiger partial charge in [-0.2, -0.15) is 9.97 Å². The van der Waals surface area contributed by atoms with Crippen LogP contribution in [0.5, 0.6) is 0 Å². The Hall–Kier alpha value is -2.38. The Kier molecular flexibility index (Phi) is 3.50. The second-order valence-electron chi connectivity index (χ2n) is 4.70. The van der Waals surface area contributed by atoms with Crippen LogP contribution < -0.4 is 11.1 Å². The van der Waals surface area contributed by atoms with Crippen molar-refractivity contribution >= 4 is 28.9 Å². The quantitative estimate of drug-likeness (QED) is 0.629. The number of imidazole rings is 1. The number of nitrogens with zero attached hydrogens (tertiary/aromatic N) is 3. The van der Waals surface area contributed by atoms with E-state index in [0.29, 0.717) is 23.4 Å². The molecule has 0 aromatic carbocycles. The minimum atomic E-state index is -0.932. The molecule has 102 valence electrons. The number of carboxylic acids is 1. The van der Waals surface area contributed by atoms with E-state index in [9.17, 15) is 9.90 Å². The van der Waals surface area contributed by atoms with E-state index in [2.05, 4.69) is 25.3 Å². The molecular formula is C11H16N6O2. The molecule has 0 amide bonds. The van der Waals surface area contributed by atoms with Crippen LogP contribution in [0.4, 0.5) is 11.8 Å². The topological polar surface area (TPSA) is 130 Å². The highest BCUT2D eigenvalue weighted by molar-refractivity contribution is 5.86. The van der Waals surface area contributed by atoms with Gasteiger partial charge in [-0.1, -0.05) is 13.8 Å². The molecular weight excluding hydrogens is 248 g/mol. The third kappa shape index (κ3) is 2.90. The van der Waals surface area contributed by atoms with Gasteiger partial charge in [0.05, 0.1) is 6.33 Å². The first kappa shape index (κ1) is 13.1. The lowest BCUT2D eigenvalue weighted by molar-refractivity contribution is -0.138. The number of hydrogen-bond donors (Lipinski definition) is 4. The number of fused-ring (bicyclic) bond motifs is 1. The molecule has 0 fully saturated rings. The van der Waals surface area contributed by atoms with E-state index >= 15 is 0 Å². The van der Waals surface area contributed by atoms with Gasteiger partial charge >= 0.3 is 5.97 Å². The molecule has 0 aliphatic heterocycles. The molecule has 19 heavy (non-hydrogen) atoms. The Balaban J connectivity index is 2.32. The van der Waals surface area contributed by atoms with Crippen LogP contribution in [0.25, 0.3) is 11.2 Å². The zero-order valence-electron chi connectivity index (χ0n) is 10.7. The summed E-state index contributed by atoms with van der Waals surface area (Å²) in [7, 11) is 0. The summed E-state index contributed by atoms with van der Waals surface area (Å²) in [6.45, 7) is 3.91. The summed E-state index contributed by atoms with van der Waals surface area (Å²) in [5, 5.41) is 12.1. The normalized spacial score (nSPS) is 12.8. The maximum atomic E-state index is 11.2. The molecule has 0 unspecified atom stereocenters. The van der Waals surface area contributed by atoms with Crippen molar-refractivity contribution in [1.82, 2.24) is 19.9 Å². The predicted octanol–water partition coefficient (Wildman–Crippen LogP) is 0.846. The summed E-state index contributed by atoms with van der Waals surface area (Å²) in [6.07, 6.45) is 1.94. The van der Waals surface area contributed by atoms with Crippen molar-refractivity contribution in [3.8, 4) is 0 Å². The van der Waals surface area contributed by atoms with Gasteiger partial charge in [-0.25, -0.2) is 9.78 Å². The smallest absolute Gasteiger partial charge is 0.326 e. The van der Waals surface area contributed by atoms with Gasteiger partial charge in [-0.05, 0) is 12.3 Å². The molecule has 0 aliphatic carbocycles. The van der Waals surface area contributed by atoms with Gasteiger partial charge in [0.25, 0.3) is 0 Å². The summed E-state index contributed by atoms with van der Waals surface area (Å²) in [5.41, 5.74) is 6.53. The van der Waals surface area contributed by atoms with E-state index in [1.54, 1.807) is 0 Å². The fourth-order valence-corrected chi connectivity index (χ4v) is 1.81. The third-order valence-corrected chi connectivity index (χ3v) is 2.62. The number of rotatable bonds is 5. The number of nitrogen functional groups attached to an aromatic ring is 1. The number of carboxylic acid groups (broad SMARTS) is 1. The number of aromatic nitrogens is 4. The first-order chi connectivity index (χ1) is 8.97.